The normalized spacial score (nSPS) is 19.7. The third-order valence-corrected chi connectivity index (χ3v) is 8.58. The molecule has 0 radical (unpaired) electrons. The smallest absolute Gasteiger partial charge is 0.321 e. The van der Waals surface area contributed by atoms with Gasteiger partial charge in [0.25, 0.3) is 5.91 Å². The number of aromatic amines is 1. The van der Waals surface area contributed by atoms with Gasteiger partial charge in [-0.3, -0.25) is 10.1 Å². The molecule has 1 aliphatic heterocycles. The highest BCUT2D eigenvalue weighted by atomic mass is 16.3. The van der Waals surface area contributed by atoms with E-state index in [1.54, 1.807) is 46.5 Å². The summed E-state index contributed by atoms with van der Waals surface area (Å²) in [6, 6.07) is 31.7. The summed E-state index contributed by atoms with van der Waals surface area (Å²) in [6.45, 7) is 0.263. The standard InChI is InChI=1S/C37H38N6O4/c38-30-16-8-14-28(20-30)24-43-32(22-26-11-5-2-6-12-26)34(45)33(44)31(21-25-9-3-1-4-10-25)42(37(43)47)23-27-13-7-15-29(19-27)35(46)41-36-39-17-18-40-36/h1-20,31-34,44-45H,21-24,38H2,(H2,39,40,41,46)/t31-,32-,33+,34+/m1/s1. The number of nitrogen functional groups attached to an aromatic ring is 1. The number of benzene rings is 4. The van der Waals surface area contributed by atoms with E-state index in [2.05, 4.69) is 15.3 Å². The Morgan fingerprint density at radius 3 is 1.81 bits per heavy atom. The first-order valence-corrected chi connectivity index (χ1v) is 15.6. The largest absolute Gasteiger partial charge is 0.399 e. The third-order valence-electron chi connectivity index (χ3n) is 8.58. The zero-order valence-corrected chi connectivity index (χ0v) is 25.8. The topological polar surface area (TPSA) is 148 Å². The van der Waals surface area contributed by atoms with E-state index in [1.807, 2.05) is 84.9 Å². The maximum atomic E-state index is 14.9. The van der Waals surface area contributed by atoms with Crippen LogP contribution in [0.2, 0.25) is 0 Å². The molecule has 1 saturated heterocycles. The first-order valence-electron chi connectivity index (χ1n) is 15.6. The fourth-order valence-corrected chi connectivity index (χ4v) is 6.22. The van der Waals surface area contributed by atoms with Crippen LogP contribution >= 0.6 is 0 Å². The highest BCUT2D eigenvalue weighted by Crippen LogP contribution is 2.30. The van der Waals surface area contributed by atoms with Gasteiger partial charge in [0, 0.05) is 36.7 Å². The van der Waals surface area contributed by atoms with Crippen LogP contribution < -0.4 is 11.1 Å². The van der Waals surface area contributed by atoms with Crippen molar-refractivity contribution in [1.29, 1.82) is 0 Å². The summed E-state index contributed by atoms with van der Waals surface area (Å²) < 4.78 is 0. The number of urea groups is 1. The first kappa shape index (κ1) is 31.5. The van der Waals surface area contributed by atoms with Crippen molar-refractivity contribution in [3.63, 3.8) is 0 Å². The number of aliphatic hydroxyl groups is 2. The molecule has 6 rings (SSSR count). The average Bonchev–Trinajstić information content (AvgIpc) is 3.59. The molecule has 0 saturated carbocycles. The first-order chi connectivity index (χ1) is 22.9. The summed E-state index contributed by atoms with van der Waals surface area (Å²) >= 11 is 0. The summed E-state index contributed by atoms with van der Waals surface area (Å²) in [6.07, 6.45) is 1.28. The summed E-state index contributed by atoms with van der Waals surface area (Å²) in [7, 11) is 0. The van der Waals surface area contributed by atoms with Gasteiger partial charge in [0.15, 0.2) is 0 Å². The quantitative estimate of drug-likeness (QED) is 0.142. The Morgan fingerprint density at radius 2 is 1.28 bits per heavy atom. The molecule has 2 heterocycles. The van der Waals surface area contributed by atoms with Crippen LogP contribution in [0.4, 0.5) is 16.4 Å². The van der Waals surface area contributed by atoms with Crippen LogP contribution in [0.25, 0.3) is 0 Å². The second-order valence-corrected chi connectivity index (χ2v) is 11.9. The van der Waals surface area contributed by atoms with Gasteiger partial charge in [-0.05, 0) is 59.4 Å². The maximum Gasteiger partial charge on any atom is 0.321 e. The zero-order valence-electron chi connectivity index (χ0n) is 25.8. The molecule has 0 bridgehead atoms. The molecule has 4 atom stereocenters. The molecule has 47 heavy (non-hydrogen) atoms. The molecule has 1 aromatic heterocycles. The van der Waals surface area contributed by atoms with Gasteiger partial charge in [-0.2, -0.15) is 0 Å². The van der Waals surface area contributed by atoms with E-state index >= 15 is 0 Å². The van der Waals surface area contributed by atoms with Gasteiger partial charge < -0.3 is 30.7 Å². The lowest BCUT2D eigenvalue weighted by atomic mass is 9.91. The summed E-state index contributed by atoms with van der Waals surface area (Å²) in [5.74, 6) is -0.0312. The Balaban J connectivity index is 1.39. The Hall–Kier alpha value is -5.45. The van der Waals surface area contributed by atoms with E-state index in [1.165, 1.54) is 0 Å². The molecule has 0 unspecified atom stereocenters. The molecule has 240 valence electrons. The predicted molar refractivity (Wildman–Crippen MR) is 180 cm³/mol. The number of nitrogens with one attached hydrogen (secondary N) is 2. The van der Waals surface area contributed by atoms with Crippen molar-refractivity contribution < 1.29 is 19.8 Å². The maximum absolute atomic E-state index is 14.9. The van der Waals surface area contributed by atoms with Crippen LogP contribution in [0.5, 0.6) is 0 Å². The van der Waals surface area contributed by atoms with Crippen LogP contribution in [-0.4, -0.2) is 66.2 Å². The Morgan fingerprint density at radius 1 is 0.745 bits per heavy atom. The number of hydrogen-bond acceptors (Lipinski definition) is 6. The van der Waals surface area contributed by atoms with Gasteiger partial charge in [-0.25, -0.2) is 9.78 Å². The number of carbonyl (C=O) groups is 2. The lowest BCUT2D eigenvalue weighted by Gasteiger charge is -2.36. The predicted octanol–water partition coefficient (Wildman–Crippen LogP) is 4.63. The van der Waals surface area contributed by atoms with Gasteiger partial charge in [0.1, 0.15) is 12.2 Å². The highest BCUT2D eigenvalue weighted by molar-refractivity contribution is 6.03. The van der Waals surface area contributed by atoms with Gasteiger partial charge in [-0.15, -0.1) is 0 Å². The van der Waals surface area contributed by atoms with Crippen LogP contribution in [0.15, 0.2) is 122 Å². The second-order valence-electron chi connectivity index (χ2n) is 11.9. The molecule has 5 aromatic rings. The molecule has 4 aromatic carbocycles. The van der Waals surface area contributed by atoms with E-state index < -0.39 is 24.3 Å². The van der Waals surface area contributed by atoms with Crippen LogP contribution in [0, 0.1) is 0 Å². The SMILES string of the molecule is Nc1cccc(CN2C(=O)N(Cc3cccc(C(=O)Nc4ncc[nH]4)c3)[C@H](Cc3ccccc3)[C@H](O)[C@@H](O)[C@H]2Cc2ccccc2)c1. The minimum absolute atomic E-state index is 0.0907. The fraction of sp³-hybridized carbons (Fsp3) is 0.216. The number of carbonyl (C=O) groups excluding carboxylic acids is 2. The van der Waals surface area contributed by atoms with E-state index in [0.29, 0.717) is 35.6 Å². The minimum atomic E-state index is -1.27. The Labute approximate surface area is 273 Å². The highest BCUT2D eigenvalue weighted by Gasteiger charge is 2.46. The van der Waals surface area contributed by atoms with Crippen molar-refractivity contribution in [2.45, 2.75) is 50.2 Å². The van der Waals surface area contributed by atoms with Gasteiger partial charge >= 0.3 is 6.03 Å². The van der Waals surface area contributed by atoms with Gasteiger partial charge in [-0.1, -0.05) is 84.9 Å². The van der Waals surface area contributed by atoms with Crippen molar-refractivity contribution in [3.05, 3.63) is 149 Å². The van der Waals surface area contributed by atoms with E-state index in [-0.39, 0.29) is 25.0 Å². The van der Waals surface area contributed by atoms with Crippen molar-refractivity contribution in [3.8, 4) is 0 Å². The lowest BCUT2D eigenvalue weighted by molar-refractivity contribution is -0.0408. The van der Waals surface area contributed by atoms with Crippen molar-refractivity contribution in [1.82, 2.24) is 19.8 Å². The second kappa shape index (κ2) is 14.3. The summed E-state index contributed by atoms with van der Waals surface area (Å²) in [4.78, 5) is 38.1. The number of amides is 3. The molecule has 0 aliphatic carbocycles. The van der Waals surface area contributed by atoms with Gasteiger partial charge in [0.05, 0.1) is 12.1 Å². The average molecular weight is 631 g/mol. The minimum Gasteiger partial charge on any atom is -0.399 e. The molecular formula is C37H38N6O4. The number of nitrogens with zero attached hydrogens (tertiary/aromatic N) is 3. The van der Waals surface area contributed by atoms with Gasteiger partial charge in [0.2, 0.25) is 5.95 Å². The number of H-pyrrole nitrogens is 1. The molecule has 1 fully saturated rings. The number of imidazole rings is 1. The number of anilines is 2. The zero-order chi connectivity index (χ0) is 32.8. The van der Waals surface area contributed by atoms with Crippen LogP contribution in [0.1, 0.15) is 32.6 Å². The number of aliphatic hydroxyl groups excluding tert-OH is 2. The lowest BCUT2D eigenvalue weighted by Crippen LogP contribution is -2.50. The molecule has 10 heteroatoms. The van der Waals surface area contributed by atoms with Crippen molar-refractivity contribution in [2.24, 2.45) is 0 Å². The number of nitrogens with two attached hydrogens (primary N) is 1. The molecular weight excluding hydrogens is 592 g/mol. The molecule has 10 nitrogen and oxygen atoms in total. The van der Waals surface area contributed by atoms with Crippen LogP contribution in [0.3, 0.4) is 0 Å². The van der Waals surface area contributed by atoms with E-state index in [9.17, 15) is 19.8 Å². The Bertz CT molecular complexity index is 1780. The van der Waals surface area contributed by atoms with E-state index in [4.69, 9.17) is 5.73 Å². The molecule has 0 spiro atoms. The number of hydrogen-bond donors (Lipinski definition) is 5. The molecule has 1 aliphatic rings. The Kier molecular flexibility index (Phi) is 9.61. The third kappa shape index (κ3) is 7.51. The van der Waals surface area contributed by atoms with Crippen molar-refractivity contribution in [2.75, 3.05) is 11.1 Å². The summed E-state index contributed by atoms with van der Waals surface area (Å²) in [5.41, 5.74) is 10.4. The van der Waals surface area contributed by atoms with Crippen molar-refractivity contribution >= 4 is 23.6 Å². The number of rotatable bonds is 10. The molecule has 3 amide bonds. The fourth-order valence-electron chi connectivity index (χ4n) is 6.22. The number of aromatic nitrogens is 2. The summed E-state index contributed by atoms with van der Waals surface area (Å²) in [5, 5.41) is 26.6. The monoisotopic (exact) mass is 630 g/mol. The van der Waals surface area contributed by atoms with Crippen LogP contribution in [-0.2, 0) is 25.9 Å². The van der Waals surface area contributed by atoms with E-state index in [0.717, 1.165) is 16.7 Å². The molecule has 6 N–H and O–H groups in total.